The van der Waals surface area contributed by atoms with E-state index in [-0.39, 0.29) is 5.91 Å². The molecule has 0 saturated carbocycles. The van der Waals surface area contributed by atoms with Crippen LogP contribution in [0.3, 0.4) is 0 Å². The Labute approximate surface area is 97.1 Å². The summed E-state index contributed by atoms with van der Waals surface area (Å²) in [6.45, 7) is 4.98. The SMILES string of the molecule is COCCCOCCN1CCCNCC1=O. The van der Waals surface area contributed by atoms with Crippen LogP contribution in [0.1, 0.15) is 12.8 Å². The molecule has 5 nitrogen and oxygen atoms in total. The second-order valence-electron chi connectivity index (χ2n) is 3.87. The molecule has 1 saturated heterocycles. The van der Waals surface area contributed by atoms with E-state index in [1.807, 2.05) is 4.90 Å². The van der Waals surface area contributed by atoms with Gasteiger partial charge in [-0.1, -0.05) is 0 Å². The summed E-state index contributed by atoms with van der Waals surface area (Å²) in [6, 6.07) is 0. The van der Waals surface area contributed by atoms with Crippen molar-refractivity contribution in [3.63, 3.8) is 0 Å². The molecule has 1 fully saturated rings. The van der Waals surface area contributed by atoms with E-state index < -0.39 is 0 Å². The fourth-order valence-electron chi connectivity index (χ4n) is 1.65. The number of methoxy groups -OCH3 is 1. The van der Waals surface area contributed by atoms with E-state index in [9.17, 15) is 4.79 Å². The van der Waals surface area contributed by atoms with Gasteiger partial charge < -0.3 is 19.7 Å². The fourth-order valence-corrected chi connectivity index (χ4v) is 1.65. The first-order valence-corrected chi connectivity index (χ1v) is 5.90. The van der Waals surface area contributed by atoms with Crippen molar-refractivity contribution < 1.29 is 14.3 Å². The molecule has 1 aliphatic heterocycles. The van der Waals surface area contributed by atoms with Crippen LogP contribution >= 0.6 is 0 Å². The zero-order valence-electron chi connectivity index (χ0n) is 10.0. The predicted molar refractivity (Wildman–Crippen MR) is 61.4 cm³/mol. The third-order valence-electron chi connectivity index (χ3n) is 2.55. The topological polar surface area (TPSA) is 50.8 Å². The molecule has 0 aromatic heterocycles. The molecule has 5 heteroatoms. The van der Waals surface area contributed by atoms with Gasteiger partial charge in [0.15, 0.2) is 0 Å². The molecule has 0 aliphatic carbocycles. The van der Waals surface area contributed by atoms with Gasteiger partial charge >= 0.3 is 0 Å². The van der Waals surface area contributed by atoms with E-state index in [2.05, 4.69) is 5.32 Å². The fraction of sp³-hybridized carbons (Fsp3) is 0.909. The highest BCUT2D eigenvalue weighted by molar-refractivity contribution is 5.78. The van der Waals surface area contributed by atoms with Crippen molar-refractivity contribution in [2.75, 3.05) is 53.1 Å². The maximum Gasteiger partial charge on any atom is 0.236 e. The molecule has 0 aromatic carbocycles. The summed E-state index contributed by atoms with van der Waals surface area (Å²) in [7, 11) is 1.68. The summed E-state index contributed by atoms with van der Waals surface area (Å²) in [5, 5.41) is 3.10. The number of nitrogens with one attached hydrogen (secondary N) is 1. The summed E-state index contributed by atoms with van der Waals surface area (Å²) >= 11 is 0. The van der Waals surface area contributed by atoms with Crippen LogP contribution in [0, 0.1) is 0 Å². The lowest BCUT2D eigenvalue weighted by molar-refractivity contribution is -0.130. The van der Waals surface area contributed by atoms with Crippen LogP contribution in [0.2, 0.25) is 0 Å². The third kappa shape index (κ3) is 5.44. The molecule has 1 rings (SSSR count). The standard InChI is InChI=1S/C11H22N2O3/c1-15-7-3-8-16-9-6-13-5-2-4-12-10-11(13)14/h12H,2-10H2,1H3. The van der Waals surface area contributed by atoms with Gasteiger partial charge in [-0.2, -0.15) is 0 Å². The molecule has 0 radical (unpaired) electrons. The minimum absolute atomic E-state index is 0.179. The summed E-state index contributed by atoms with van der Waals surface area (Å²) in [5.74, 6) is 0.179. The Morgan fingerprint density at radius 1 is 1.38 bits per heavy atom. The van der Waals surface area contributed by atoms with Crippen molar-refractivity contribution >= 4 is 5.91 Å². The van der Waals surface area contributed by atoms with E-state index in [4.69, 9.17) is 9.47 Å². The van der Waals surface area contributed by atoms with Crippen LogP contribution in [0.4, 0.5) is 0 Å². The Balaban J connectivity index is 2.04. The van der Waals surface area contributed by atoms with Gasteiger partial charge in [0.25, 0.3) is 0 Å². The molecule has 16 heavy (non-hydrogen) atoms. The van der Waals surface area contributed by atoms with E-state index in [1.165, 1.54) is 0 Å². The predicted octanol–water partition coefficient (Wildman–Crippen LogP) is -0.139. The molecule has 0 unspecified atom stereocenters. The maximum absolute atomic E-state index is 11.6. The highest BCUT2D eigenvalue weighted by Gasteiger charge is 2.15. The Hall–Kier alpha value is -0.650. The van der Waals surface area contributed by atoms with Crippen LogP contribution in [-0.4, -0.2) is 63.9 Å². The summed E-state index contributed by atoms with van der Waals surface area (Å²) < 4.78 is 10.4. The van der Waals surface area contributed by atoms with Crippen LogP contribution in [0.25, 0.3) is 0 Å². The number of carbonyl (C=O) groups is 1. The van der Waals surface area contributed by atoms with Crippen molar-refractivity contribution in [3.8, 4) is 0 Å². The average Bonchev–Trinajstić information content (AvgIpc) is 2.49. The van der Waals surface area contributed by atoms with Gasteiger partial charge in [-0.15, -0.1) is 0 Å². The first kappa shape index (κ1) is 13.4. The zero-order chi connectivity index (χ0) is 11.6. The van der Waals surface area contributed by atoms with Crippen molar-refractivity contribution in [3.05, 3.63) is 0 Å². The number of nitrogens with zero attached hydrogens (tertiary/aromatic N) is 1. The molecular weight excluding hydrogens is 208 g/mol. The molecule has 94 valence electrons. The van der Waals surface area contributed by atoms with Crippen molar-refractivity contribution in [1.29, 1.82) is 0 Å². The Morgan fingerprint density at radius 2 is 2.25 bits per heavy atom. The lowest BCUT2D eigenvalue weighted by atomic mass is 10.4. The normalized spacial score (nSPS) is 17.6. The molecule has 1 aliphatic rings. The van der Waals surface area contributed by atoms with Gasteiger partial charge in [0, 0.05) is 33.4 Å². The van der Waals surface area contributed by atoms with Gasteiger partial charge in [0.05, 0.1) is 13.2 Å². The molecule has 0 aromatic rings. The van der Waals surface area contributed by atoms with Gasteiger partial charge in [-0.25, -0.2) is 0 Å². The lowest BCUT2D eigenvalue weighted by Crippen LogP contribution is -2.37. The minimum Gasteiger partial charge on any atom is -0.385 e. The molecule has 1 heterocycles. The number of rotatable bonds is 7. The second kappa shape index (κ2) is 8.50. The van der Waals surface area contributed by atoms with Crippen LogP contribution in [-0.2, 0) is 14.3 Å². The Bertz CT molecular complexity index is 200. The number of hydrogen-bond donors (Lipinski definition) is 1. The van der Waals surface area contributed by atoms with E-state index in [0.29, 0.717) is 26.3 Å². The lowest BCUT2D eigenvalue weighted by Gasteiger charge is -2.19. The molecule has 0 spiro atoms. The number of amides is 1. The van der Waals surface area contributed by atoms with E-state index >= 15 is 0 Å². The average molecular weight is 230 g/mol. The quantitative estimate of drug-likeness (QED) is 0.619. The van der Waals surface area contributed by atoms with Gasteiger partial charge in [-0.3, -0.25) is 4.79 Å². The summed E-state index contributed by atoms with van der Waals surface area (Å²) in [6.07, 6.45) is 1.93. The first-order valence-electron chi connectivity index (χ1n) is 5.90. The van der Waals surface area contributed by atoms with Crippen LogP contribution < -0.4 is 5.32 Å². The zero-order valence-corrected chi connectivity index (χ0v) is 10.0. The number of hydrogen-bond acceptors (Lipinski definition) is 4. The monoisotopic (exact) mass is 230 g/mol. The number of ether oxygens (including phenoxy) is 2. The first-order chi connectivity index (χ1) is 7.84. The highest BCUT2D eigenvalue weighted by Crippen LogP contribution is 1.97. The highest BCUT2D eigenvalue weighted by atomic mass is 16.5. The van der Waals surface area contributed by atoms with Crippen LogP contribution in [0.15, 0.2) is 0 Å². The van der Waals surface area contributed by atoms with Crippen molar-refractivity contribution in [2.45, 2.75) is 12.8 Å². The number of carbonyl (C=O) groups excluding carboxylic acids is 1. The summed E-state index contributed by atoms with van der Waals surface area (Å²) in [5.41, 5.74) is 0. The summed E-state index contributed by atoms with van der Waals surface area (Å²) in [4.78, 5) is 13.4. The molecular formula is C11H22N2O3. The van der Waals surface area contributed by atoms with Gasteiger partial charge in [-0.05, 0) is 19.4 Å². The largest absolute Gasteiger partial charge is 0.385 e. The molecule has 1 N–H and O–H groups in total. The molecule has 0 atom stereocenters. The van der Waals surface area contributed by atoms with E-state index in [1.54, 1.807) is 7.11 Å². The smallest absolute Gasteiger partial charge is 0.236 e. The van der Waals surface area contributed by atoms with Crippen LogP contribution in [0.5, 0.6) is 0 Å². The van der Waals surface area contributed by atoms with Gasteiger partial charge in [0.1, 0.15) is 0 Å². The third-order valence-corrected chi connectivity index (χ3v) is 2.55. The second-order valence-corrected chi connectivity index (χ2v) is 3.87. The Kier molecular flexibility index (Phi) is 7.12. The Morgan fingerprint density at radius 3 is 3.06 bits per heavy atom. The molecule has 0 bridgehead atoms. The van der Waals surface area contributed by atoms with Crippen molar-refractivity contribution in [1.82, 2.24) is 10.2 Å². The maximum atomic E-state index is 11.6. The minimum atomic E-state index is 0.179. The van der Waals surface area contributed by atoms with Crippen molar-refractivity contribution in [2.24, 2.45) is 0 Å². The molecule has 1 amide bonds. The van der Waals surface area contributed by atoms with E-state index in [0.717, 1.165) is 32.5 Å². The van der Waals surface area contributed by atoms with Gasteiger partial charge in [0.2, 0.25) is 5.91 Å².